The highest BCUT2D eigenvalue weighted by Gasteiger charge is 2.50. The topological polar surface area (TPSA) is 79.3 Å². The molecule has 0 spiro atoms. The summed E-state index contributed by atoms with van der Waals surface area (Å²) >= 11 is 1.25. The Balaban J connectivity index is 1.86. The van der Waals surface area contributed by atoms with E-state index in [1.807, 2.05) is 0 Å². The summed E-state index contributed by atoms with van der Waals surface area (Å²) in [6, 6.07) is 0. The maximum atomic E-state index is 11.7. The number of rotatable bonds is 4. The molecule has 5 nitrogen and oxygen atoms in total. The molecular weight excluding hydrogens is 240 g/mol. The normalized spacial score (nSPS) is 20.9. The first-order chi connectivity index (χ1) is 7.90. The van der Waals surface area contributed by atoms with Gasteiger partial charge in [-0.1, -0.05) is 13.8 Å². The molecule has 1 aromatic rings. The van der Waals surface area contributed by atoms with Gasteiger partial charge in [0, 0.05) is 11.3 Å². The second kappa shape index (κ2) is 4.10. The van der Waals surface area contributed by atoms with Crippen LogP contribution < -0.4 is 5.32 Å². The average Bonchev–Trinajstić information content (AvgIpc) is 2.71. The number of nitrogens with one attached hydrogen (secondary N) is 1. The van der Waals surface area contributed by atoms with Gasteiger partial charge in [0.25, 0.3) is 0 Å². The van der Waals surface area contributed by atoms with Gasteiger partial charge in [-0.05, 0) is 11.8 Å². The van der Waals surface area contributed by atoms with E-state index in [0.29, 0.717) is 11.6 Å². The van der Waals surface area contributed by atoms with E-state index < -0.39 is 5.97 Å². The molecule has 1 aliphatic rings. The number of carboxylic acids is 1. The molecule has 2 rings (SSSR count). The summed E-state index contributed by atoms with van der Waals surface area (Å²) in [5.74, 6) is -0.925. The molecule has 2 N–H and O–H groups in total. The Labute approximate surface area is 103 Å². The Morgan fingerprint density at radius 1 is 1.65 bits per heavy atom. The number of thiazole rings is 1. The molecule has 1 heterocycles. The van der Waals surface area contributed by atoms with E-state index in [-0.39, 0.29) is 22.9 Å². The molecule has 92 valence electrons. The fourth-order valence-corrected chi connectivity index (χ4v) is 2.40. The van der Waals surface area contributed by atoms with Crippen LogP contribution in [-0.2, 0) is 11.3 Å². The fourth-order valence-electron chi connectivity index (χ4n) is 1.69. The average molecular weight is 254 g/mol. The Bertz CT molecular complexity index is 467. The van der Waals surface area contributed by atoms with Crippen molar-refractivity contribution >= 4 is 23.2 Å². The van der Waals surface area contributed by atoms with Gasteiger partial charge in [-0.3, -0.25) is 4.79 Å². The molecule has 6 heteroatoms. The highest BCUT2D eigenvalue weighted by atomic mass is 32.1. The number of aromatic nitrogens is 1. The largest absolute Gasteiger partial charge is 0.476 e. The van der Waals surface area contributed by atoms with Crippen LogP contribution in [0.15, 0.2) is 5.38 Å². The lowest BCUT2D eigenvalue weighted by Crippen LogP contribution is -2.26. The van der Waals surface area contributed by atoms with Crippen LogP contribution >= 0.6 is 11.3 Å². The molecule has 1 aliphatic carbocycles. The molecule has 0 unspecified atom stereocenters. The predicted molar refractivity (Wildman–Crippen MR) is 62.8 cm³/mol. The Hall–Kier alpha value is -1.43. The first-order valence-electron chi connectivity index (χ1n) is 5.35. The lowest BCUT2D eigenvalue weighted by molar-refractivity contribution is -0.123. The van der Waals surface area contributed by atoms with Gasteiger partial charge in [-0.2, -0.15) is 0 Å². The van der Waals surface area contributed by atoms with Crippen LogP contribution in [-0.4, -0.2) is 22.0 Å². The Kier molecular flexibility index (Phi) is 2.91. The molecule has 17 heavy (non-hydrogen) atoms. The van der Waals surface area contributed by atoms with Crippen LogP contribution in [0.5, 0.6) is 0 Å². The number of hydrogen-bond acceptors (Lipinski definition) is 4. The Morgan fingerprint density at radius 2 is 2.29 bits per heavy atom. The minimum Gasteiger partial charge on any atom is -0.476 e. The molecule has 1 aromatic heterocycles. The smallest absolute Gasteiger partial charge is 0.355 e. The van der Waals surface area contributed by atoms with Gasteiger partial charge in [0.2, 0.25) is 5.91 Å². The molecule has 1 amide bonds. The van der Waals surface area contributed by atoms with Crippen molar-refractivity contribution in [1.29, 1.82) is 0 Å². The molecule has 1 fully saturated rings. The SMILES string of the molecule is CC1(C)C[C@@H]1C(=O)NCc1nc(C(=O)O)cs1. The van der Waals surface area contributed by atoms with E-state index in [0.717, 1.165) is 6.42 Å². The second-order valence-electron chi connectivity index (χ2n) is 4.89. The van der Waals surface area contributed by atoms with Crippen molar-refractivity contribution in [3.8, 4) is 0 Å². The van der Waals surface area contributed by atoms with Gasteiger partial charge in [-0.15, -0.1) is 11.3 Å². The quantitative estimate of drug-likeness (QED) is 0.853. The number of carbonyl (C=O) groups excluding carboxylic acids is 1. The third-order valence-electron chi connectivity index (χ3n) is 3.01. The number of aromatic carboxylic acids is 1. The molecule has 1 atom stereocenters. The van der Waals surface area contributed by atoms with Crippen molar-refractivity contribution in [2.45, 2.75) is 26.8 Å². The molecule has 0 aromatic carbocycles. The third kappa shape index (κ3) is 2.63. The van der Waals surface area contributed by atoms with Crippen LogP contribution in [0.4, 0.5) is 0 Å². The van der Waals surface area contributed by atoms with Crippen LogP contribution in [0.2, 0.25) is 0 Å². The summed E-state index contributed by atoms with van der Waals surface area (Å²) in [6.45, 7) is 4.43. The summed E-state index contributed by atoms with van der Waals surface area (Å²) in [4.78, 5) is 26.2. The summed E-state index contributed by atoms with van der Waals surface area (Å²) in [5.41, 5.74) is 0.144. The highest BCUT2D eigenvalue weighted by molar-refractivity contribution is 7.09. The second-order valence-corrected chi connectivity index (χ2v) is 5.84. The van der Waals surface area contributed by atoms with Crippen LogP contribution in [0.25, 0.3) is 0 Å². The number of amides is 1. The number of nitrogens with zero attached hydrogens (tertiary/aromatic N) is 1. The zero-order valence-electron chi connectivity index (χ0n) is 9.69. The van der Waals surface area contributed by atoms with Crippen molar-refractivity contribution in [3.63, 3.8) is 0 Å². The van der Waals surface area contributed by atoms with Crippen molar-refractivity contribution in [3.05, 3.63) is 16.1 Å². The standard InChI is InChI=1S/C11H14N2O3S/c1-11(2)3-6(11)9(14)12-4-8-13-7(5-17-8)10(15)16/h5-6H,3-4H2,1-2H3,(H,12,14)(H,15,16)/t6-/m1/s1. The van der Waals surface area contributed by atoms with Gasteiger partial charge in [0.1, 0.15) is 5.01 Å². The minimum absolute atomic E-state index is 0.0297. The summed E-state index contributed by atoms with van der Waals surface area (Å²) in [7, 11) is 0. The monoisotopic (exact) mass is 254 g/mol. The number of carboxylic acid groups (broad SMARTS) is 1. The molecule has 0 bridgehead atoms. The van der Waals surface area contributed by atoms with Crippen LogP contribution in [0, 0.1) is 11.3 Å². The van der Waals surface area contributed by atoms with Gasteiger partial charge in [0.05, 0.1) is 6.54 Å². The number of carbonyl (C=O) groups is 2. The van der Waals surface area contributed by atoms with E-state index >= 15 is 0 Å². The molecule has 0 saturated heterocycles. The summed E-state index contributed by atoms with van der Waals surface area (Å²) in [6.07, 6.45) is 0.914. The molecule has 1 saturated carbocycles. The predicted octanol–water partition coefficient (Wildman–Crippen LogP) is 1.50. The lowest BCUT2D eigenvalue weighted by atomic mass is 10.1. The molecular formula is C11H14N2O3S. The van der Waals surface area contributed by atoms with Crippen LogP contribution in [0.1, 0.15) is 35.8 Å². The van der Waals surface area contributed by atoms with Crippen molar-refractivity contribution in [1.82, 2.24) is 10.3 Å². The number of hydrogen-bond donors (Lipinski definition) is 2. The maximum Gasteiger partial charge on any atom is 0.355 e. The van der Waals surface area contributed by atoms with Gasteiger partial charge in [-0.25, -0.2) is 9.78 Å². The fraction of sp³-hybridized carbons (Fsp3) is 0.545. The van der Waals surface area contributed by atoms with E-state index in [1.54, 1.807) is 0 Å². The Morgan fingerprint density at radius 3 is 2.76 bits per heavy atom. The van der Waals surface area contributed by atoms with Gasteiger partial charge in [0.15, 0.2) is 5.69 Å². The van der Waals surface area contributed by atoms with E-state index in [2.05, 4.69) is 24.1 Å². The molecule has 0 aliphatic heterocycles. The minimum atomic E-state index is -1.04. The van der Waals surface area contributed by atoms with Gasteiger partial charge < -0.3 is 10.4 Å². The van der Waals surface area contributed by atoms with E-state index in [4.69, 9.17) is 5.11 Å². The summed E-state index contributed by atoms with van der Waals surface area (Å²) in [5, 5.41) is 13.6. The van der Waals surface area contributed by atoms with Crippen molar-refractivity contribution in [2.75, 3.05) is 0 Å². The van der Waals surface area contributed by atoms with Gasteiger partial charge >= 0.3 is 5.97 Å². The highest BCUT2D eigenvalue weighted by Crippen LogP contribution is 2.51. The third-order valence-corrected chi connectivity index (χ3v) is 3.86. The first-order valence-corrected chi connectivity index (χ1v) is 6.23. The zero-order chi connectivity index (χ0) is 12.6. The van der Waals surface area contributed by atoms with E-state index in [9.17, 15) is 9.59 Å². The maximum absolute atomic E-state index is 11.7. The lowest BCUT2D eigenvalue weighted by Gasteiger charge is -2.04. The summed E-state index contributed by atoms with van der Waals surface area (Å²) < 4.78 is 0. The first kappa shape index (κ1) is 12.0. The van der Waals surface area contributed by atoms with E-state index in [1.165, 1.54) is 16.7 Å². The van der Waals surface area contributed by atoms with Crippen molar-refractivity contribution in [2.24, 2.45) is 11.3 Å². The van der Waals surface area contributed by atoms with Crippen molar-refractivity contribution < 1.29 is 14.7 Å². The van der Waals surface area contributed by atoms with Crippen LogP contribution in [0.3, 0.4) is 0 Å². The zero-order valence-corrected chi connectivity index (χ0v) is 10.5. The molecule has 0 radical (unpaired) electrons.